The summed E-state index contributed by atoms with van der Waals surface area (Å²) in [5.74, 6) is 0. The number of aryl methyl sites for hydroxylation is 1. The highest BCUT2D eigenvalue weighted by atomic mass is 127. The van der Waals surface area contributed by atoms with Crippen LogP contribution in [0.1, 0.15) is 11.1 Å². The summed E-state index contributed by atoms with van der Waals surface area (Å²) in [4.78, 5) is 4.66. The maximum atomic E-state index is 4.66. The Kier molecular flexibility index (Phi) is 3.46. The van der Waals surface area contributed by atoms with Crippen LogP contribution in [0.15, 0.2) is 54.9 Å². The van der Waals surface area contributed by atoms with Gasteiger partial charge in [-0.2, -0.15) is 0 Å². The summed E-state index contributed by atoms with van der Waals surface area (Å²) in [6.45, 7) is 2.96. The Morgan fingerprint density at radius 3 is 2.63 bits per heavy atom. The molecule has 1 aromatic carbocycles. The molecule has 0 atom stereocenters. The number of nitrogens with zero attached hydrogens (tertiary/aromatic N) is 2. The highest BCUT2D eigenvalue weighted by molar-refractivity contribution is 14.1. The third kappa shape index (κ3) is 2.76. The molecule has 0 saturated heterocycles. The van der Waals surface area contributed by atoms with Crippen LogP contribution in [0, 0.1) is 10.6 Å². The molecule has 0 amide bonds. The minimum absolute atomic E-state index is 0.858. The topological polar surface area (TPSA) is 16.8 Å². The van der Waals surface area contributed by atoms with Crippen molar-refractivity contribution in [3.63, 3.8) is 0 Å². The van der Waals surface area contributed by atoms with Gasteiger partial charge in [-0.3, -0.25) is 0 Å². The van der Waals surface area contributed by atoms with E-state index in [4.69, 9.17) is 0 Å². The van der Waals surface area contributed by atoms with Crippen LogP contribution in [0.3, 0.4) is 0 Å². The minimum atomic E-state index is 0.858. The van der Waals surface area contributed by atoms with Crippen molar-refractivity contribution in [3.05, 3.63) is 69.7 Å². The summed E-state index contributed by atoms with van der Waals surface area (Å²) in [5.41, 5.74) is 3.60. The summed E-state index contributed by atoms with van der Waals surface area (Å²) in [7, 11) is 0. The number of hydrogen-bond acceptors (Lipinski definition) is 1. The highest BCUT2D eigenvalue weighted by Gasteiger charge is 2.09. The van der Waals surface area contributed by atoms with Crippen LogP contribution in [0.25, 0.3) is 10.9 Å². The second-order valence-electron chi connectivity index (χ2n) is 4.68. The van der Waals surface area contributed by atoms with Crippen LogP contribution in [0.2, 0.25) is 0 Å². The van der Waals surface area contributed by atoms with Gasteiger partial charge in [-0.1, -0.05) is 18.2 Å². The molecule has 2 aromatic heterocycles. The molecule has 3 heteroatoms. The fourth-order valence-electron chi connectivity index (χ4n) is 2.08. The van der Waals surface area contributed by atoms with Gasteiger partial charge < -0.3 is 0 Å². The van der Waals surface area contributed by atoms with Gasteiger partial charge in [0.05, 0.1) is 5.52 Å². The van der Waals surface area contributed by atoms with Crippen LogP contribution in [-0.2, 0) is 6.54 Å². The van der Waals surface area contributed by atoms with Crippen molar-refractivity contribution in [1.29, 1.82) is 0 Å². The third-order valence-corrected chi connectivity index (χ3v) is 4.09. The van der Waals surface area contributed by atoms with E-state index in [0.29, 0.717) is 0 Å². The van der Waals surface area contributed by atoms with E-state index in [1.165, 1.54) is 16.5 Å². The van der Waals surface area contributed by atoms with Crippen LogP contribution < -0.4 is 4.57 Å². The van der Waals surface area contributed by atoms with E-state index >= 15 is 0 Å². The summed E-state index contributed by atoms with van der Waals surface area (Å²) in [5, 5.41) is 1.20. The molecular formula is C16H14IN2+. The Morgan fingerprint density at radius 1 is 1.11 bits per heavy atom. The zero-order valence-electron chi connectivity index (χ0n) is 10.7. The molecule has 0 bridgehead atoms. The van der Waals surface area contributed by atoms with Crippen molar-refractivity contribution in [2.45, 2.75) is 13.5 Å². The van der Waals surface area contributed by atoms with Gasteiger partial charge in [-0.25, -0.2) is 9.55 Å². The molecule has 0 unspecified atom stereocenters. The van der Waals surface area contributed by atoms with E-state index in [2.05, 4.69) is 87.9 Å². The van der Waals surface area contributed by atoms with E-state index < -0.39 is 0 Å². The first-order valence-electron chi connectivity index (χ1n) is 6.22. The molecule has 0 aliphatic rings. The van der Waals surface area contributed by atoms with Gasteiger partial charge in [0, 0.05) is 23.1 Å². The lowest BCUT2D eigenvalue weighted by atomic mass is 10.1. The summed E-state index contributed by atoms with van der Waals surface area (Å²) >= 11 is 2.32. The Morgan fingerprint density at radius 2 is 1.84 bits per heavy atom. The van der Waals surface area contributed by atoms with Crippen LogP contribution in [0.5, 0.6) is 0 Å². The largest absolute Gasteiger partial charge is 0.241 e. The van der Waals surface area contributed by atoms with Crippen molar-refractivity contribution < 1.29 is 4.57 Å². The molecule has 0 aliphatic heterocycles. The highest BCUT2D eigenvalue weighted by Crippen LogP contribution is 2.17. The Bertz CT molecular complexity index is 720. The van der Waals surface area contributed by atoms with Crippen molar-refractivity contribution >= 4 is 33.5 Å². The van der Waals surface area contributed by atoms with E-state index in [1.807, 2.05) is 6.07 Å². The van der Waals surface area contributed by atoms with E-state index in [0.717, 1.165) is 15.8 Å². The van der Waals surface area contributed by atoms with Crippen LogP contribution in [0.4, 0.5) is 0 Å². The Hall–Kier alpha value is -1.49. The first-order chi connectivity index (χ1) is 9.22. The molecule has 0 aliphatic carbocycles. The van der Waals surface area contributed by atoms with Gasteiger partial charge in [0.15, 0.2) is 18.9 Å². The normalized spacial score (nSPS) is 10.8. The molecule has 2 heterocycles. The van der Waals surface area contributed by atoms with E-state index in [1.54, 1.807) is 0 Å². The third-order valence-electron chi connectivity index (χ3n) is 3.16. The molecule has 0 radical (unpaired) electrons. The predicted molar refractivity (Wildman–Crippen MR) is 84.9 cm³/mol. The van der Waals surface area contributed by atoms with Gasteiger partial charge in [-0.05, 0) is 47.2 Å². The second kappa shape index (κ2) is 5.25. The molecule has 94 valence electrons. The monoisotopic (exact) mass is 361 g/mol. The number of hydrogen-bond donors (Lipinski definition) is 0. The SMILES string of the molecule is Cc1cc[n+](Cc2cc3ccccc3nc2I)cc1. The molecule has 2 nitrogen and oxygen atoms in total. The molecule has 3 rings (SSSR count). The maximum absolute atomic E-state index is 4.66. The number of rotatable bonds is 2. The van der Waals surface area contributed by atoms with E-state index in [9.17, 15) is 0 Å². The number of fused-ring (bicyclic) bond motifs is 1. The molecule has 0 fully saturated rings. The molecule has 0 spiro atoms. The van der Waals surface area contributed by atoms with Gasteiger partial charge in [0.2, 0.25) is 0 Å². The molecule has 0 saturated carbocycles. The number of para-hydroxylation sites is 1. The zero-order valence-corrected chi connectivity index (χ0v) is 12.8. The lowest BCUT2D eigenvalue weighted by Crippen LogP contribution is -2.33. The van der Waals surface area contributed by atoms with Crippen molar-refractivity contribution in [2.75, 3.05) is 0 Å². The van der Waals surface area contributed by atoms with Gasteiger partial charge in [0.25, 0.3) is 0 Å². The van der Waals surface area contributed by atoms with Gasteiger partial charge >= 0.3 is 0 Å². The lowest BCUT2D eigenvalue weighted by molar-refractivity contribution is -0.688. The van der Waals surface area contributed by atoms with Gasteiger partial charge in [-0.15, -0.1) is 0 Å². The Balaban J connectivity index is 2.00. The number of halogens is 1. The average molecular weight is 361 g/mol. The Labute approximate surface area is 126 Å². The van der Waals surface area contributed by atoms with Crippen molar-refractivity contribution in [2.24, 2.45) is 0 Å². The molecule has 0 N–H and O–H groups in total. The standard InChI is InChI=1S/C16H14IN2/c1-12-6-8-19(9-7-12)11-14-10-13-4-2-3-5-15(13)18-16(14)17/h2-10H,11H2,1H3/q+1. The van der Waals surface area contributed by atoms with Crippen LogP contribution >= 0.6 is 22.6 Å². The lowest BCUT2D eigenvalue weighted by Gasteiger charge is -2.04. The van der Waals surface area contributed by atoms with Crippen molar-refractivity contribution in [3.8, 4) is 0 Å². The number of benzene rings is 1. The van der Waals surface area contributed by atoms with Crippen molar-refractivity contribution in [1.82, 2.24) is 4.98 Å². The first-order valence-corrected chi connectivity index (χ1v) is 7.30. The zero-order chi connectivity index (χ0) is 13.2. The smallest absolute Gasteiger partial charge is 0.176 e. The summed E-state index contributed by atoms with van der Waals surface area (Å²) in [6.07, 6.45) is 4.22. The van der Waals surface area contributed by atoms with Crippen LogP contribution in [-0.4, -0.2) is 4.98 Å². The number of pyridine rings is 2. The molecule has 19 heavy (non-hydrogen) atoms. The maximum Gasteiger partial charge on any atom is 0.176 e. The molecular weight excluding hydrogens is 347 g/mol. The average Bonchev–Trinajstić information content (AvgIpc) is 2.42. The second-order valence-corrected chi connectivity index (χ2v) is 5.70. The quantitative estimate of drug-likeness (QED) is 0.388. The predicted octanol–water partition coefficient (Wildman–Crippen LogP) is 3.48. The number of aromatic nitrogens is 2. The summed E-state index contributed by atoms with van der Waals surface area (Å²) in [6, 6.07) is 14.7. The minimum Gasteiger partial charge on any atom is -0.241 e. The first kappa shape index (κ1) is 12.5. The molecule has 3 aromatic rings. The fourth-order valence-corrected chi connectivity index (χ4v) is 2.67. The summed E-state index contributed by atoms with van der Waals surface area (Å²) < 4.78 is 3.25. The van der Waals surface area contributed by atoms with E-state index in [-0.39, 0.29) is 0 Å². The van der Waals surface area contributed by atoms with Gasteiger partial charge in [0.1, 0.15) is 3.70 Å². The fraction of sp³-hybridized carbons (Fsp3) is 0.125.